The summed E-state index contributed by atoms with van der Waals surface area (Å²) in [5.74, 6) is 0.728. The number of aryl methyl sites for hydroxylation is 1. The maximum Gasteiger partial charge on any atom is 0.309 e. The van der Waals surface area contributed by atoms with Gasteiger partial charge in [-0.2, -0.15) is 4.98 Å². The first kappa shape index (κ1) is 19.2. The molecule has 0 spiro atoms. The summed E-state index contributed by atoms with van der Waals surface area (Å²) >= 11 is 7.90. The van der Waals surface area contributed by atoms with Gasteiger partial charge in [-0.1, -0.05) is 30.3 Å². The van der Waals surface area contributed by atoms with Crippen LogP contribution in [0.2, 0.25) is 5.28 Å². The molecule has 0 unspecified atom stereocenters. The second kappa shape index (κ2) is 8.05. The minimum absolute atomic E-state index is 0.0400. The Morgan fingerprint density at radius 1 is 1.25 bits per heavy atom. The van der Waals surface area contributed by atoms with Crippen LogP contribution in [0, 0.1) is 12.8 Å². The highest BCUT2D eigenvalue weighted by atomic mass is 35.5. The van der Waals surface area contributed by atoms with E-state index in [9.17, 15) is 4.79 Å². The van der Waals surface area contributed by atoms with Crippen LogP contribution < -0.4 is 4.90 Å². The maximum absolute atomic E-state index is 12.1. The van der Waals surface area contributed by atoms with Crippen LogP contribution in [-0.2, 0) is 9.53 Å². The van der Waals surface area contributed by atoms with Gasteiger partial charge in [0.2, 0.25) is 5.28 Å². The van der Waals surface area contributed by atoms with Gasteiger partial charge in [-0.3, -0.25) is 4.79 Å². The Hall–Kier alpha value is -2.18. The number of aromatic nitrogens is 2. The predicted molar refractivity (Wildman–Crippen MR) is 114 cm³/mol. The van der Waals surface area contributed by atoms with Crippen molar-refractivity contribution in [3.8, 4) is 11.1 Å². The van der Waals surface area contributed by atoms with E-state index >= 15 is 0 Å². The normalized spacial score (nSPS) is 15.2. The van der Waals surface area contributed by atoms with E-state index in [4.69, 9.17) is 16.3 Å². The number of carbonyl (C=O) groups excluding carboxylic acids is 1. The average Bonchev–Trinajstić information content (AvgIpc) is 3.03. The van der Waals surface area contributed by atoms with Crippen molar-refractivity contribution in [2.75, 3.05) is 24.6 Å². The minimum Gasteiger partial charge on any atom is -0.466 e. The molecule has 4 rings (SSSR count). The van der Waals surface area contributed by atoms with Crippen molar-refractivity contribution in [1.82, 2.24) is 9.97 Å². The van der Waals surface area contributed by atoms with Crippen LogP contribution in [0.4, 0.5) is 5.82 Å². The molecule has 1 aliphatic rings. The molecule has 28 heavy (non-hydrogen) atoms. The van der Waals surface area contributed by atoms with Crippen LogP contribution >= 0.6 is 22.9 Å². The quantitative estimate of drug-likeness (QED) is 0.438. The van der Waals surface area contributed by atoms with E-state index in [1.807, 2.05) is 25.1 Å². The van der Waals surface area contributed by atoms with Crippen LogP contribution in [-0.4, -0.2) is 35.6 Å². The number of hydrogen-bond acceptors (Lipinski definition) is 6. The van der Waals surface area contributed by atoms with Crippen LogP contribution in [0.15, 0.2) is 30.3 Å². The minimum atomic E-state index is -0.0932. The highest BCUT2D eigenvalue weighted by molar-refractivity contribution is 7.19. The van der Waals surface area contributed by atoms with Gasteiger partial charge in [0.05, 0.1) is 17.9 Å². The number of rotatable bonds is 4. The van der Waals surface area contributed by atoms with Crippen molar-refractivity contribution < 1.29 is 9.53 Å². The molecule has 0 saturated carbocycles. The second-order valence-corrected chi connectivity index (χ2v) is 8.45. The van der Waals surface area contributed by atoms with Crippen molar-refractivity contribution in [1.29, 1.82) is 0 Å². The Bertz CT molecular complexity index is 998. The maximum atomic E-state index is 12.1. The number of ether oxygens (including phenoxy) is 1. The standard InChI is InChI=1S/C21H22ClN3O2S/c1-3-27-20(26)15-9-11-25(12-10-15)18-17-16(14-7-5-4-6-8-14)13(2)28-19(17)24-21(22)23-18/h4-8,15H,3,9-12H2,1-2H3. The van der Waals surface area contributed by atoms with Gasteiger partial charge in [-0.05, 0) is 43.9 Å². The SMILES string of the molecule is CCOC(=O)C1CCN(c2nc(Cl)nc3sc(C)c(-c4ccccc4)c23)CC1. The molecule has 1 aromatic carbocycles. The Labute approximate surface area is 173 Å². The molecule has 3 heterocycles. The molecule has 1 saturated heterocycles. The molecule has 5 nitrogen and oxygen atoms in total. The van der Waals surface area contributed by atoms with Crippen molar-refractivity contribution in [3.63, 3.8) is 0 Å². The van der Waals surface area contributed by atoms with E-state index in [1.54, 1.807) is 11.3 Å². The summed E-state index contributed by atoms with van der Waals surface area (Å²) in [4.78, 5) is 25.5. The molecule has 0 bridgehead atoms. The summed E-state index contributed by atoms with van der Waals surface area (Å²) in [6, 6.07) is 10.3. The van der Waals surface area contributed by atoms with Gasteiger partial charge in [0.15, 0.2) is 0 Å². The number of nitrogens with zero attached hydrogens (tertiary/aromatic N) is 3. The van der Waals surface area contributed by atoms with E-state index in [0.29, 0.717) is 6.61 Å². The molecule has 1 aliphatic heterocycles. The van der Waals surface area contributed by atoms with E-state index < -0.39 is 0 Å². The van der Waals surface area contributed by atoms with Crippen molar-refractivity contribution in [2.24, 2.45) is 5.92 Å². The third kappa shape index (κ3) is 3.59. The number of esters is 1. The monoisotopic (exact) mass is 415 g/mol. The van der Waals surface area contributed by atoms with Crippen molar-refractivity contribution >= 4 is 44.9 Å². The number of fused-ring (bicyclic) bond motifs is 1. The molecule has 146 valence electrons. The molecule has 0 atom stereocenters. The zero-order chi connectivity index (χ0) is 19.7. The Morgan fingerprint density at radius 3 is 2.64 bits per heavy atom. The first-order chi connectivity index (χ1) is 13.6. The van der Waals surface area contributed by atoms with Crippen molar-refractivity contribution in [2.45, 2.75) is 26.7 Å². The van der Waals surface area contributed by atoms with Gasteiger partial charge in [-0.25, -0.2) is 4.98 Å². The lowest BCUT2D eigenvalue weighted by Gasteiger charge is -2.32. The molecule has 0 amide bonds. The van der Waals surface area contributed by atoms with Gasteiger partial charge in [0, 0.05) is 23.5 Å². The Balaban J connectivity index is 1.73. The predicted octanol–water partition coefficient (Wildman–Crippen LogP) is 5.10. The third-order valence-corrected chi connectivity index (χ3v) is 6.33. The molecule has 7 heteroatoms. The van der Waals surface area contributed by atoms with Gasteiger partial charge < -0.3 is 9.64 Å². The molecular weight excluding hydrogens is 394 g/mol. The largest absolute Gasteiger partial charge is 0.466 e. The molecule has 0 N–H and O–H groups in total. The van der Waals surface area contributed by atoms with Crippen LogP contribution in [0.1, 0.15) is 24.6 Å². The fourth-order valence-corrected chi connectivity index (χ4v) is 5.09. The van der Waals surface area contributed by atoms with Crippen molar-refractivity contribution in [3.05, 3.63) is 40.5 Å². The summed E-state index contributed by atoms with van der Waals surface area (Å²) in [5, 5.41) is 1.31. The smallest absolute Gasteiger partial charge is 0.309 e. The van der Waals surface area contributed by atoms with Gasteiger partial charge in [0.1, 0.15) is 10.6 Å². The number of thiophene rings is 1. The van der Waals surface area contributed by atoms with Gasteiger partial charge in [-0.15, -0.1) is 11.3 Å². The fraction of sp³-hybridized carbons (Fsp3) is 0.381. The number of carbonyl (C=O) groups is 1. The topological polar surface area (TPSA) is 55.3 Å². The number of piperidine rings is 1. The van der Waals surface area contributed by atoms with Crippen LogP contribution in [0.3, 0.4) is 0 Å². The zero-order valence-electron chi connectivity index (χ0n) is 15.9. The molecule has 3 aromatic rings. The molecule has 0 aliphatic carbocycles. The Morgan fingerprint density at radius 2 is 1.96 bits per heavy atom. The first-order valence-corrected chi connectivity index (χ1v) is 10.7. The Kier molecular flexibility index (Phi) is 5.51. The lowest BCUT2D eigenvalue weighted by molar-refractivity contribution is -0.148. The highest BCUT2D eigenvalue weighted by Crippen LogP contribution is 2.42. The first-order valence-electron chi connectivity index (χ1n) is 9.52. The summed E-state index contributed by atoms with van der Waals surface area (Å²) in [6.07, 6.45) is 1.51. The zero-order valence-corrected chi connectivity index (χ0v) is 17.5. The summed E-state index contributed by atoms with van der Waals surface area (Å²) in [7, 11) is 0. The van der Waals surface area contributed by atoms with E-state index in [1.165, 1.54) is 10.4 Å². The highest BCUT2D eigenvalue weighted by Gasteiger charge is 2.29. The second-order valence-electron chi connectivity index (χ2n) is 6.91. The summed E-state index contributed by atoms with van der Waals surface area (Å²) in [5.41, 5.74) is 2.32. The van der Waals surface area contributed by atoms with Crippen LogP contribution in [0.25, 0.3) is 21.3 Å². The van der Waals surface area contributed by atoms with E-state index in [0.717, 1.165) is 47.5 Å². The van der Waals surface area contributed by atoms with Gasteiger partial charge >= 0.3 is 5.97 Å². The van der Waals surface area contributed by atoms with Crippen LogP contribution in [0.5, 0.6) is 0 Å². The van der Waals surface area contributed by atoms with E-state index in [-0.39, 0.29) is 17.2 Å². The number of benzene rings is 1. The molecule has 1 fully saturated rings. The fourth-order valence-electron chi connectivity index (χ4n) is 3.84. The molecular formula is C21H22ClN3O2S. The number of anilines is 1. The number of hydrogen-bond donors (Lipinski definition) is 0. The average molecular weight is 416 g/mol. The number of halogens is 1. The third-order valence-electron chi connectivity index (χ3n) is 5.16. The lowest BCUT2D eigenvalue weighted by atomic mass is 9.96. The van der Waals surface area contributed by atoms with Gasteiger partial charge in [0.25, 0.3) is 0 Å². The van der Waals surface area contributed by atoms with E-state index in [2.05, 4.69) is 33.9 Å². The summed E-state index contributed by atoms with van der Waals surface area (Å²) in [6.45, 7) is 5.87. The summed E-state index contributed by atoms with van der Waals surface area (Å²) < 4.78 is 5.19. The molecule has 2 aromatic heterocycles. The lowest BCUT2D eigenvalue weighted by Crippen LogP contribution is -2.37. The molecule has 0 radical (unpaired) electrons.